The summed E-state index contributed by atoms with van der Waals surface area (Å²) in [5.74, 6) is 1.07. The standard InChI is InChI=1S/C17H24N2O/c1-3-18-13-16-10-12-20-17(16)14-19(2)11-9-15-7-5-4-6-8-15/h4-8,10,12,18H,3,9,11,13-14H2,1-2H3. The monoisotopic (exact) mass is 272 g/mol. The summed E-state index contributed by atoms with van der Waals surface area (Å²) >= 11 is 0. The minimum absolute atomic E-state index is 0.862. The largest absolute Gasteiger partial charge is 0.468 e. The third-order valence-corrected chi connectivity index (χ3v) is 3.44. The molecule has 0 aliphatic heterocycles. The maximum Gasteiger partial charge on any atom is 0.122 e. The Morgan fingerprint density at radius 1 is 1.15 bits per heavy atom. The lowest BCUT2D eigenvalue weighted by atomic mass is 10.1. The highest BCUT2D eigenvalue weighted by Crippen LogP contribution is 2.13. The van der Waals surface area contributed by atoms with Crippen LogP contribution in [0.2, 0.25) is 0 Å². The zero-order chi connectivity index (χ0) is 14.2. The lowest BCUT2D eigenvalue weighted by molar-refractivity contribution is 0.296. The van der Waals surface area contributed by atoms with Crippen molar-refractivity contribution in [1.82, 2.24) is 10.2 Å². The van der Waals surface area contributed by atoms with E-state index >= 15 is 0 Å². The van der Waals surface area contributed by atoms with Crippen molar-refractivity contribution in [3.05, 3.63) is 59.5 Å². The number of furan rings is 1. The molecule has 1 aromatic heterocycles. The van der Waals surface area contributed by atoms with E-state index in [1.807, 2.05) is 0 Å². The quantitative estimate of drug-likeness (QED) is 0.800. The van der Waals surface area contributed by atoms with Gasteiger partial charge in [0.1, 0.15) is 5.76 Å². The van der Waals surface area contributed by atoms with Gasteiger partial charge in [-0.2, -0.15) is 0 Å². The first-order valence-corrected chi connectivity index (χ1v) is 7.28. The van der Waals surface area contributed by atoms with Crippen molar-refractivity contribution in [2.24, 2.45) is 0 Å². The smallest absolute Gasteiger partial charge is 0.122 e. The van der Waals surface area contributed by atoms with Crippen molar-refractivity contribution in [2.75, 3.05) is 20.1 Å². The van der Waals surface area contributed by atoms with E-state index in [0.29, 0.717) is 0 Å². The molecule has 0 aliphatic rings. The average Bonchev–Trinajstić information content (AvgIpc) is 2.91. The van der Waals surface area contributed by atoms with Crippen molar-refractivity contribution in [3.63, 3.8) is 0 Å². The SMILES string of the molecule is CCNCc1ccoc1CN(C)CCc1ccccc1. The molecule has 0 fully saturated rings. The van der Waals surface area contributed by atoms with Gasteiger partial charge < -0.3 is 9.73 Å². The van der Waals surface area contributed by atoms with Gasteiger partial charge in [0.25, 0.3) is 0 Å². The Balaban J connectivity index is 1.82. The summed E-state index contributed by atoms with van der Waals surface area (Å²) in [6.07, 6.45) is 2.85. The summed E-state index contributed by atoms with van der Waals surface area (Å²) in [6.45, 7) is 5.88. The van der Waals surface area contributed by atoms with Crippen molar-refractivity contribution < 1.29 is 4.42 Å². The molecule has 108 valence electrons. The van der Waals surface area contributed by atoms with Gasteiger partial charge >= 0.3 is 0 Å². The minimum Gasteiger partial charge on any atom is -0.468 e. The zero-order valence-electron chi connectivity index (χ0n) is 12.4. The second-order valence-corrected chi connectivity index (χ2v) is 5.12. The van der Waals surface area contributed by atoms with Crippen LogP contribution in [0.15, 0.2) is 47.1 Å². The Morgan fingerprint density at radius 3 is 2.70 bits per heavy atom. The first-order chi connectivity index (χ1) is 9.79. The summed E-state index contributed by atoms with van der Waals surface area (Å²) in [6, 6.07) is 12.7. The third-order valence-electron chi connectivity index (χ3n) is 3.44. The number of hydrogen-bond acceptors (Lipinski definition) is 3. The van der Waals surface area contributed by atoms with Gasteiger partial charge in [0.15, 0.2) is 0 Å². The first-order valence-electron chi connectivity index (χ1n) is 7.28. The number of nitrogens with zero attached hydrogens (tertiary/aromatic N) is 1. The van der Waals surface area contributed by atoms with Gasteiger partial charge in [0.2, 0.25) is 0 Å². The number of likely N-dealkylation sites (N-methyl/N-ethyl adjacent to an activating group) is 1. The number of rotatable bonds is 8. The molecule has 0 amide bonds. The molecule has 0 aliphatic carbocycles. The molecule has 20 heavy (non-hydrogen) atoms. The van der Waals surface area contributed by atoms with Crippen molar-refractivity contribution in [2.45, 2.75) is 26.4 Å². The molecule has 0 spiro atoms. The van der Waals surface area contributed by atoms with Crippen molar-refractivity contribution >= 4 is 0 Å². The van der Waals surface area contributed by atoms with Crippen LogP contribution in [-0.2, 0) is 19.5 Å². The van der Waals surface area contributed by atoms with E-state index < -0.39 is 0 Å². The summed E-state index contributed by atoms with van der Waals surface area (Å²) in [5, 5.41) is 3.34. The molecule has 0 atom stereocenters. The fraction of sp³-hybridized carbons (Fsp3) is 0.412. The molecule has 2 rings (SSSR count). The minimum atomic E-state index is 0.862. The maximum absolute atomic E-state index is 5.60. The van der Waals surface area contributed by atoms with E-state index in [9.17, 15) is 0 Å². The molecular formula is C17H24N2O. The number of hydrogen-bond donors (Lipinski definition) is 1. The second-order valence-electron chi connectivity index (χ2n) is 5.12. The van der Waals surface area contributed by atoms with E-state index in [1.165, 1.54) is 11.1 Å². The van der Waals surface area contributed by atoms with Gasteiger partial charge in [0.05, 0.1) is 12.8 Å². The maximum atomic E-state index is 5.60. The number of benzene rings is 1. The van der Waals surface area contributed by atoms with Crippen LogP contribution in [-0.4, -0.2) is 25.0 Å². The molecule has 1 N–H and O–H groups in total. The topological polar surface area (TPSA) is 28.4 Å². The molecule has 3 heteroatoms. The third kappa shape index (κ3) is 4.51. The molecule has 0 unspecified atom stereocenters. The molecule has 1 aromatic carbocycles. The highest BCUT2D eigenvalue weighted by molar-refractivity contribution is 5.17. The van der Waals surface area contributed by atoms with Crippen LogP contribution in [0, 0.1) is 0 Å². The fourth-order valence-electron chi connectivity index (χ4n) is 2.21. The van der Waals surface area contributed by atoms with Crippen LogP contribution in [0.5, 0.6) is 0 Å². The van der Waals surface area contributed by atoms with Crippen LogP contribution >= 0.6 is 0 Å². The lowest BCUT2D eigenvalue weighted by Crippen LogP contribution is -2.22. The predicted octanol–water partition coefficient (Wildman–Crippen LogP) is 3.06. The van der Waals surface area contributed by atoms with Crippen LogP contribution in [0.1, 0.15) is 23.8 Å². The predicted molar refractivity (Wildman–Crippen MR) is 82.6 cm³/mol. The lowest BCUT2D eigenvalue weighted by Gasteiger charge is -2.16. The molecule has 0 saturated heterocycles. The van der Waals surface area contributed by atoms with Gasteiger partial charge in [-0.1, -0.05) is 37.3 Å². The highest BCUT2D eigenvalue weighted by atomic mass is 16.3. The summed E-state index contributed by atoms with van der Waals surface area (Å²) < 4.78 is 5.60. The molecule has 0 saturated carbocycles. The Bertz CT molecular complexity index is 493. The zero-order valence-corrected chi connectivity index (χ0v) is 12.4. The van der Waals surface area contributed by atoms with E-state index in [-0.39, 0.29) is 0 Å². The Morgan fingerprint density at radius 2 is 1.95 bits per heavy atom. The van der Waals surface area contributed by atoms with E-state index in [2.05, 4.69) is 60.6 Å². The van der Waals surface area contributed by atoms with Gasteiger partial charge in [0, 0.05) is 18.7 Å². The van der Waals surface area contributed by atoms with E-state index in [0.717, 1.165) is 38.4 Å². The molecule has 2 aromatic rings. The van der Waals surface area contributed by atoms with Crippen LogP contribution in [0.25, 0.3) is 0 Å². The van der Waals surface area contributed by atoms with Crippen LogP contribution in [0.4, 0.5) is 0 Å². The number of nitrogens with one attached hydrogen (secondary N) is 1. The Hall–Kier alpha value is -1.58. The molecule has 3 nitrogen and oxygen atoms in total. The highest BCUT2D eigenvalue weighted by Gasteiger charge is 2.09. The van der Waals surface area contributed by atoms with Gasteiger partial charge in [-0.15, -0.1) is 0 Å². The molecule has 0 radical (unpaired) electrons. The van der Waals surface area contributed by atoms with E-state index in [1.54, 1.807) is 6.26 Å². The Kier molecular flexibility index (Phi) is 5.84. The average molecular weight is 272 g/mol. The van der Waals surface area contributed by atoms with Crippen LogP contribution < -0.4 is 5.32 Å². The van der Waals surface area contributed by atoms with Gasteiger partial charge in [-0.25, -0.2) is 0 Å². The summed E-state index contributed by atoms with van der Waals surface area (Å²) in [7, 11) is 2.14. The molecular weight excluding hydrogens is 248 g/mol. The first kappa shape index (κ1) is 14.8. The van der Waals surface area contributed by atoms with Crippen molar-refractivity contribution in [1.29, 1.82) is 0 Å². The normalized spacial score (nSPS) is 11.2. The van der Waals surface area contributed by atoms with Crippen LogP contribution in [0.3, 0.4) is 0 Å². The Labute approximate surface area is 121 Å². The molecule has 0 bridgehead atoms. The summed E-state index contributed by atoms with van der Waals surface area (Å²) in [5.41, 5.74) is 2.64. The van der Waals surface area contributed by atoms with Gasteiger partial charge in [-0.05, 0) is 31.6 Å². The molecule has 1 heterocycles. The second kappa shape index (κ2) is 7.88. The van der Waals surface area contributed by atoms with E-state index in [4.69, 9.17) is 4.42 Å². The fourth-order valence-corrected chi connectivity index (χ4v) is 2.21. The van der Waals surface area contributed by atoms with Gasteiger partial charge in [-0.3, -0.25) is 4.90 Å². The van der Waals surface area contributed by atoms with Crippen molar-refractivity contribution in [3.8, 4) is 0 Å². The summed E-state index contributed by atoms with van der Waals surface area (Å²) in [4.78, 5) is 2.31.